The molecule has 0 aliphatic carbocycles. The summed E-state index contributed by atoms with van der Waals surface area (Å²) < 4.78 is 0. The lowest BCUT2D eigenvalue weighted by Crippen LogP contribution is -2.52. The molecule has 2 aromatic rings. The molecule has 1 saturated heterocycles. The summed E-state index contributed by atoms with van der Waals surface area (Å²) in [5, 5.41) is 5.56. The van der Waals surface area contributed by atoms with Crippen LogP contribution < -0.4 is 10.6 Å². The third kappa shape index (κ3) is 2.28. The molecule has 2 unspecified atom stereocenters. The van der Waals surface area contributed by atoms with E-state index in [1.807, 2.05) is 60.7 Å². The summed E-state index contributed by atoms with van der Waals surface area (Å²) in [5.41, 5.74) is 1.56. The smallest absolute Gasteiger partial charge is 0.248 e. The molecule has 2 N–H and O–H groups in total. The third-order valence-electron chi connectivity index (χ3n) is 3.36. The van der Waals surface area contributed by atoms with Crippen LogP contribution in [0.5, 0.6) is 0 Å². The molecular formula is C16H14N2O2. The van der Waals surface area contributed by atoms with Crippen molar-refractivity contribution in [2.75, 3.05) is 0 Å². The minimum absolute atomic E-state index is 0.190. The molecule has 1 aliphatic rings. The van der Waals surface area contributed by atoms with Crippen LogP contribution >= 0.6 is 0 Å². The fourth-order valence-corrected chi connectivity index (χ4v) is 2.34. The highest BCUT2D eigenvalue weighted by Crippen LogP contribution is 2.22. The minimum atomic E-state index is -0.622. The standard InChI is InChI=1S/C16H14N2O2/c19-15-13(11-7-3-1-4-8-11)17-16(20)14(18-15)12-9-5-2-6-10-12/h1-10,13-14H,(H,17,20)(H,18,19). The van der Waals surface area contributed by atoms with Crippen LogP contribution in [0.4, 0.5) is 0 Å². The number of carbonyl (C=O) groups excluding carboxylic acids is 2. The Morgan fingerprint density at radius 3 is 1.30 bits per heavy atom. The second-order valence-corrected chi connectivity index (χ2v) is 4.70. The highest BCUT2D eigenvalue weighted by Gasteiger charge is 2.35. The van der Waals surface area contributed by atoms with E-state index >= 15 is 0 Å². The van der Waals surface area contributed by atoms with E-state index in [1.165, 1.54) is 0 Å². The molecule has 0 bridgehead atoms. The van der Waals surface area contributed by atoms with Crippen LogP contribution in [0.2, 0.25) is 0 Å². The van der Waals surface area contributed by atoms with Gasteiger partial charge in [-0.3, -0.25) is 9.59 Å². The van der Waals surface area contributed by atoms with E-state index in [1.54, 1.807) is 0 Å². The van der Waals surface area contributed by atoms with E-state index in [0.29, 0.717) is 0 Å². The summed E-state index contributed by atoms with van der Waals surface area (Å²) in [6, 6.07) is 17.2. The Morgan fingerprint density at radius 1 is 0.600 bits per heavy atom. The van der Waals surface area contributed by atoms with Crippen molar-refractivity contribution in [3.63, 3.8) is 0 Å². The van der Waals surface area contributed by atoms with Gasteiger partial charge in [0.1, 0.15) is 12.1 Å². The van der Waals surface area contributed by atoms with Gasteiger partial charge in [0, 0.05) is 0 Å². The van der Waals surface area contributed by atoms with Gasteiger partial charge < -0.3 is 10.6 Å². The predicted octanol–water partition coefficient (Wildman–Crippen LogP) is 1.71. The number of carbonyl (C=O) groups is 2. The first-order chi connectivity index (χ1) is 9.75. The van der Waals surface area contributed by atoms with Gasteiger partial charge in [-0.25, -0.2) is 0 Å². The molecule has 100 valence electrons. The Kier molecular flexibility index (Phi) is 3.21. The fourth-order valence-electron chi connectivity index (χ4n) is 2.34. The molecule has 1 heterocycles. The molecule has 20 heavy (non-hydrogen) atoms. The van der Waals surface area contributed by atoms with Crippen molar-refractivity contribution in [2.45, 2.75) is 12.1 Å². The number of hydrogen-bond acceptors (Lipinski definition) is 2. The Balaban J connectivity index is 1.84. The zero-order valence-corrected chi connectivity index (χ0v) is 10.7. The van der Waals surface area contributed by atoms with Crippen molar-refractivity contribution >= 4 is 11.8 Å². The van der Waals surface area contributed by atoms with Crippen molar-refractivity contribution in [3.8, 4) is 0 Å². The summed E-state index contributed by atoms with van der Waals surface area (Å²) in [6.45, 7) is 0. The number of piperazine rings is 1. The number of amides is 2. The predicted molar refractivity (Wildman–Crippen MR) is 74.7 cm³/mol. The monoisotopic (exact) mass is 266 g/mol. The Bertz CT molecular complexity index is 568. The molecule has 0 spiro atoms. The lowest BCUT2D eigenvalue weighted by Gasteiger charge is -2.30. The summed E-state index contributed by atoms with van der Waals surface area (Å²) >= 11 is 0. The Morgan fingerprint density at radius 2 is 0.950 bits per heavy atom. The summed E-state index contributed by atoms with van der Waals surface area (Å²) in [6.07, 6.45) is 0. The van der Waals surface area contributed by atoms with Gasteiger partial charge in [-0.15, -0.1) is 0 Å². The molecule has 2 aromatic carbocycles. The molecule has 3 rings (SSSR count). The second kappa shape index (κ2) is 5.17. The third-order valence-corrected chi connectivity index (χ3v) is 3.36. The van der Waals surface area contributed by atoms with Crippen molar-refractivity contribution in [2.24, 2.45) is 0 Å². The average molecular weight is 266 g/mol. The number of benzene rings is 2. The van der Waals surface area contributed by atoms with Gasteiger partial charge in [0.2, 0.25) is 11.8 Å². The molecule has 4 heteroatoms. The van der Waals surface area contributed by atoms with Gasteiger partial charge in [-0.1, -0.05) is 60.7 Å². The van der Waals surface area contributed by atoms with Gasteiger partial charge in [-0.05, 0) is 11.1 Å². The number of hydrogen-bond donors (Lipinski definition) is 2. The van der Waals surface area contributed by atoms with Crippen molar-refractivity contribution < 1.29 is 9.59 Å². The van der Waals surface area contributed by atoms with Gasteiger partial charge in [0.25, 0.3) is 0 Å². The zero-order chi connectivity index (χ0) is 13.9. The normalized spacial score (nSPS) is 22.0. The van der Waals surface area contributed by atoms with Crippen molar-refractivity contribution in [1.82, 2.24) is 10.6 Å². The maximum Gasteiger partial charge on any atom is 0.248 e. The largest absolute Gasteiger partial charge is 0.338 e. The van der Waals surface area contributed by atoms with Crippen LogP contribution in [-0.2, 0) is 9.59 Å². The lowest BCUT2D eigenvalue weighted by molar-refractivity contribution is -0.137. The molecule has 2 amide bonds. The molecular weight excluding hydrogens is 252 g/mol. The molecule has 0 radical (unpaired) electrons. The van der Waals surface area contributed by atoms with Crippen LogP contribution in [0.3, 0.4) is 0 Å². The van der Waals surface area contributed by atoms with E-state index in [4.69, 9.17) is 0 Å². The highest BCUT2D eigenvalue weighted by atomic mass is 16.2. The molecule has 0 saturated carbocycles. The number of nitrogens with one attached hydrogen (secondary N) is 2. The summed E-state index contributed by atoms with van der Waals surface area (Å²) in [5.74, 6) is -0.380. The van der Waals surface area contributed by atoms with E-state index in [2.05, 4.69) is 10.6 Å². The first-order valence-corrected chi connectivity index (χ1v) is 6.46. The van der Waals surface area contributed by atoms with Gasteiger partial charge in [0.05, 0.1) is 0 Å². The minimum Gasteiger partial charge on any atom is -0.338 e. The molecule has 0 aromatic heterocycles. The van der Waals surface area contributed by atoms with E-state index in [-0.39, 0.29) is 11.8 Å². The Labute approximate surface area is 116 Å². The van der Waals surface area contributed by atoms with E-state index in [9.17, 15) is 9.59 Å². The molecule has 2 atom stereocenters. The van der Waals surface area contributed by atoms with Crippen LogP contribution in [0.25, 0.3) is 0 Å². The van der Waals surface area contributed by atoms with Crippen LogP contribution in [0, 0.1) is 0 Å². The van der Waals surface area contributed by atoms with Gasteiger partial charge in [-0.2, -0.15) is 0 Å². The van der Waals surface area contributed by atoms with E-state index < -0.39 is 12.1 Å². The quantitative estimate of drug-likeness (QED) is 0.869. The highest BCUT2D eigenvalue weighted by molar-refractivity contribution is 5.98. The topological polar surface area (TPSA) is 58.2 Å². The Hall–Kier alpha value is -2.62. The maximum atomic E-state index is 12.2. The van der Waals surface area contributed by atoms with Crippen molar-refractivity contribution in [3.05, 3.63) is 71.8 Å². The first-order valence-electron chi connectivity index (χ1n) is 6.46. The SMILES string of the molecule is O=C1NC(c2ccccc2)C(=O)NC1c1ccccc1. The van der Waals surface area contributed by atoms with E-state index in [0.717, 1.165) is 11.1 Å². The first kappa shape index (κ1) is 12.4. The van der Waals surface area contributed by atoms with Gasteiger partial charge >= 0.3 is 0 Å². The van der Waals surface area contributed by atoms with Gasteiger partial charge in [0.15, 0.2) is 0 Å². The lowest BCUT2D eigenvalue weighted by atomic mass is 9.98. The average Bonchev–Trinajstić information content (AvgIpc) is 2.51. The van der Waals surface area contributed by atoms with Crippen molar-refractivity contribution in [1.29, 1.82) is 0 Å². The molecule has 1 aliphatic heterocycles. The molecule has 4 nitrogen and oxygen atoms in total. The number of rotatable bonds is 2. The zero-order valence-electron chi connectivity index (χ0n) is 10.7. The molecule has 1 fully saturated rings. The second-order valence-electron chi connectivity index (χ2n) is 4.70. The summed E-state index contributed by atoms with van der Waals surface area (Å²) in [7, 11) is 0. The maximum absolute atomic E-state index is 12.2. The van der Waals surface area contributed by atoms with Crippen LogP contribution in [-0.4, -0.2) is 11.8 Å². The fraction of sp³-hybridized carbons (Fsp3) is 0.125. The van der Waals surface area contributed by atoms with Crippen LogP contribution in [0.15, 0.2) is 60.7 Å². The summed E-state index contributed by atoms with van der Waals surface area (Å²) in [4.78, 5) is 24.4. The van der Waals surface area contributed by atoms with Crippen LogP contribution in [0.1, 0.15) is 23.2 Å².